The van der Waals surface area contributed by atoms with Crippen LogP contribution in [0.15, 0.2) is 42.5 Å². The van der Waals surface area contributed by atoms with E-state index in [1.54, 1.807) is 49.4 Å². The number of nitrogens with one attached hydrogen (secondary N) is 1. The summed E-state index contributed by atoms with van der Waals surface area (Å²) in [5, 5.41) is 3.48. The number of hydrogen-bond acceptors (Lipinski definition) is 4. The zero-order valence-corrected chi connectivity index (χ0v) is 15.1. The Kier molecular flexibility index (Phi) is 6.67. The van der Waals surface area contributed by atoms with Crippen LogP contribution in [0.25, 0.3) is 0 Å². The fourth-order valence-corrected chi connectivity index (χ4v) is 2.86. The van der Waals surface area contributed by atoms with Gasteiger partial charge in [0.2, 0.25) is 0 Å². The lowest BCUT2D eigenvalue weighted by atomic mass is 10.0. The van der Waals surface area contributed by atoms with Crippen molar-refractivity contribution in [3.8, 4) is 0 Å². The molecule has 2 rings (SSSR count). The van der Waals surface area contributed by atoms with Gasteiger partial charge >= 0.3 is 5.97 Å². The highest BCUT2D eigenvalue weighted by Crippen LogP contribution is 2.26. The van der Waals surface area contributed by atoms with Crippen molar-refractivity contribution in [3.63, 3.8) is 0 Å². The molecular formula is C18H18Cl2N2O3. The van der Waals surface area contributed by atoms with Crippen molar-refractivity contribution in [2.45, 2.75) is 19.4 Å². The van der Waals surface area contributed by atoms with E-state index in [1.807, 2.05) is 0 Å². The largest absolute Gasteiger partial charge is 0.464 e. The first-order chi connectivity index (χ1) is 11.9. The van der Waals surface area contributed by atoms with Gasteiger partial charge in [0.05, 0.1) is 12.2 Å². The second kappa shape index (κ2) is 8.74. The first-order valence-electron chi connectivity index (χ1n) is 7.69. The minimum Gasteiger partial charge on any atom is -0.464 e. The summed E-state index contributed by atoms with van der Waals surface area (Å²) in [6.45, 7) is 1.88. The van der Waals surface area contributed by atoms with E-state index in [-0.39, 0.29) is 18.6 Å². The van der Waals surface area contributed by atoms with E-state index < -0.39 is 17.9 Å². The molecule has 1 amide bonds. The first-order valence-corrected chi connectivity index (χ1v) is 8.44. The summed E-state index contributed by atoms with van der Waals surface area (Å²) in [4.78, 5) is 24.7. The molecule has 1 atom stereocenters. The molecule has 0 saturated heterocycles. The quantitative estimate of drug-likeness (QED) is 0.593. The Balaban J connectivity index is 2.26. The van der Waals surface area contributed by atoms with Gasteiger partial charge in [0.15, 0.2) is 0 Å². The summed E-state index contributed by atoms with van der Waals surface area (Å²) < 4.78 is 5.05. The third kappa shape index (κ3) is 4.87. The summed E-state index contributed by atoms with van der Waals surface area (Å²) in [6, 6.07) is 10.7. The number of benzene rings is 2. The average Bonchev–Trinajstić information content (AvgIpc) is 2.57. The monoisotopic (exact) mass is 380 g/mol. The number of rotatable bonds is 6. The Morgan fingerprint density at radius 1 is 1.12 bits per heavy atom. The molecule has 0 saturated carbocycles. The molecule has 1 unspecified atom stereocenters. The molecule has 0 fully saturated rings. The third-order valence-corrected chi connectivity index (χ3v) is 4.26. The van der Waals surface area contributed by atoms with E-state index in [1.165, 1.54) is 0 Å². The highest BCUT2D eigenvalue weighted by Gasteiger charge is 2.25. The molecule has 0 aliphatic rings. The number of nitrogens with two attached hydrogens (primary N) is 1. The summed E-state index contributed by atoms with van der Waals surface area (Å²) >= 11 is 12.3. The molecular weight excluding hydrogens is 363 g/mol. The zero-order chi connectivity index (χ0) is 18.4. The molecule has 5 nitrogen and oxygen atoms in total. The maximum atomic E-state index is 12.5. The van der Waals surface area contributed by atoms with Crippen molar-refractivity contribution in [1.29, 1.82) is 0 Å². The van der Waals surface area contributed by atoms with E-state index in [0.717, 1.165) is 0 Å². The van der Waals surface area contributed by atoms with Crippen molar-refractivity contribution in [2.75, 3.05) is 12.3 Å². The van der Waals surface area contributed by atoms with Gasteiger partial charge in [-0.1, -0.05) is 41.4 Å². The van der Waals surface area contributed by atoms with Crippen LogP contribution in [-0.4, -0.2) is 24.5 Å². The minimum atomic E-state index is -0.940. The molecule has 0 aliphatic carbocycles. The van der Waals surface area contributed by atoms with Crippen LogP contribution in [0.4, 0.5) is 5.69 Å². The van der Waals surface area contributed by atoms with Gasteiger partial charge in [-0.2, -0.15) is 0 Å². The van der Waals surface area contributed by atoms with Crippen LogP contribution in [0.5, 0.6) is 0 Å². The number of esters is 1. The fourth-order valence-electron chi connectivity index (χ4n) is 2.31. The number of carbonyl (C=O) groups excluding carboxylic acids is 2. The number of hydrogen-bond donors (Lipinski definition) is 2. The fraction of sp³-hybridized carbons (Fsp3) is 0.222. The van der Waals surface area contributed by atoms with Crippen molar-refractivity contribution >= 4 is 40.8 Å². The van der Waals surface area contributed by atoms with Crippen molar-refractivity contribution in [2.24, 2.45) is 0 Å². The van der Waals surface area contributed by atoms with Crippen molar-refractivity contribution < 1.29 is 14.3 Å². The normalized spacial score (nSPS) is 11.6. The second-order valence-electron chi connectivity index (χ2n) is 5.27. The molecule has 132 valence electrons. The number of amides is 1. The second-order valence-corrected chi connectivity index (χ2v) is 6.08. The van der Waals surface area contributed by atoms with E-state index in [4.69, 9.17) is 33.7 Å². The van der Waals surface area contributed by atoms with Gasteiger partial charge < -0.3 is 15.8 Å². The Labute approximate surface area is 156 Å². The Bertz CT molecular complexity index is 760. The Morgan fingerprint density at radius 3 is 2.36 bits per heavy atom. The average molecular weight is 381 g/mol. The van der Waals surface area contributed by atoms with Gasteiger partial charge in [0.25, 0.3) is 5.91 Å². The van der Waals surface area contributed by atoms with Crippen LogP contribution in [0.3, 0.4) is 0 Å². The molecule has 0 bridgehead atoms. The molecule has 2 aromatic rings. The Morgan fingerprint density at radius 2 is 1.76 bits per heavy atom. The number of anilines is 1. The van der Waals surface area contributed by atoms with Crippen LogP contribution < -0.4 is 11.1 Å². The third-order valence-electron chi connectivity index (χ3n) is 3.55. The number of halogens is 2. The zero-order valence-electron chi connectivity index (χ0n) is 13.6. The molecule has 2 aromatic carbocycles. The van der Waals surface area contributed by atoms with E-state index in [9.17, 15) is 9.59 Å². The molecule has 0 aromatic heterocycles. The summed E-state index contributed by atoms with van der Waals surface area (Å²) in [5.74, 6) is -1.04. The molecule has 25 heavy (non-hydrogen) atoms. The highest BCUT2D eigenvalue weighted by molar-refractivity contribution is 6.36. The summed E-state index contributed by atoms with van der Waals surface area (Å²) in [7, 11) is 0. The highest BCUT2D eigenvalue weighted by atomic mass is 35.5. The lowest BCUT2D eigenvalue weighted by Gasteiger charge is -2.19. The van der Waals surface area contributed by atoms with Crippen molar-refractivity contribution in [1.82, 2.24) is 5.32 Å². The maximum Gasteiger partial charge on any atom is 0.328 e. The molecule has 0 spiro atoms. The lowest BCUT2D eigenvalue weighted by Crippen LogP contribution is -2.43. The SMILES string of the molecule is CCOC(=O)C(Cc1c(Cl)cccc1Cl)NC(=O)c1ccccc1N. The number of carbonyl (C=O) groups is 2. The van der Waals surface area contributed by atoms with Gasteiger partial charge in [0.1, 0.15) is 6.04 Å². The lowest BCUT2D eigenvalue weighted by molar-refractivity contribution is -0.145. The van der Waals surface area contributed by atoms with Gasteiger partial charge in [-0.15, -0.1) is 0 Å². The molecule has 7 heteroatoms. The number of para-hydroxylation sites is 1. The summed E-state index contributed by atoms with van der Waals surface area (Å²) in [6.07, 6.45) is 0.107. The smallest absolute Gasteiger partial charge is 0.328 e. The first kappa shape index (κ1) is 19.1. The van der Waals surface area contributed by atoms with E-state index in [2.05, 4.69) is 5.32 Å². The van der Waals surface area contributed by atoms with Crippen LogP contribution >= 0.6 is 23.2 Å². The van der Waals surface area contributed by atoms with Crippen LogP contribution in [0.1, 0.15) is 22.8 Å². The van der Waals surface area contributed by atoms with E-state index in [0.29, 0.717) is 21.3 Å². The van der Waals surface area contributed by atoms with Gasteiger partial charge in [-0.25, -0.2) is 4.79 Å². The van der Waals surface area contributed by atoms with Gasteiger partial charge in [0, 0.05) is 22.2 Å². The Hall–Kier alpha value is -2.24. The molecule has 0 heterocycles. The summed E-state index contributed by atoms with van der Waals surface area (Å²) in [5.41, 5.74) is 6.97. The van der Waals surface area contributed by atoms with Gasteiger partial charge in [-0.05, 0) is 36.8 Å². The predicted molar refractivity (Wildman–Crippen MR) is 98.9 cm³/mol. The minimum absolute atomic E-state index is 0.107. The molecule has 0 aliphatic heterocycles. The van der Waals surface area contributed by atoms with Crippen LogP contribution in [0.2, 0.25) is 10.0 Å². The number of nitrogen functional groups attached to an aromatic ring is 1. The molecule has 3 N–H and O–H groups in total. The van der Waals surface area contributed by atoms with Gasteiger partial charge in [-0.3, -0.25) is 4.79 Å². The van der Waals surface area contributed by atoms with Crippen LogP contribution in [0, 0.1) is 0 Å². The maximum absolute atomic E-state index is 12.5. The van der Waals surface area contributed by atoms with E-state index >= 15 is 0 Å². The number of ether oxygens (including phenoxy) is 1. The standard InChI is InChI=1S/C18H18Cl2N2O3/c1-2-25-18(24)16(10-12-13(19)7-5-8-14(12)20)22-17(23)11-6-3-4-9-15(11)21/h3-9,16H,2,10,21H2,1H3,(H,22,23). The molecule has 0 radical (unpaired) electrons. The topological polar surface area (TPSA) is 81.4 Å². The predicted octanol–water partition coefficient (Wildman–Crippen LogP) is 3.48. The van der Waals surface area contributed by atoms with Crippen molar-refractivity contribution in [3.05, 3.63) is 63.6 Å². The van der Waals surface area contributed by atoms with Crippen LogP contribution in [-0.2, 0) is 16.0 Å².